The van der Waals surface area contributed by atoms with Crippen molar-refractivity contribution in [3.8, 4) is 0 Å². The molecule has 86 valence electrons. The monoisotopic (exact) mass is 274 g/mol. The molecule has 4 heteroatoms. The first-order valence-corrected chi connectivity index (χ1v) is 6.19. The second kappa shape index (κ2) is 5.66. The third-order valence-electron chi connectivity index (χ3n) is 2.37. The fourth-order valence-electron chi connectivity index (χ4n) is 1.11. The number of aromatic nitrogens is 2. The molecular weight excluding hydrogens is 256 g/mol. The van der Waals surface area contributed by atoms with E-state index in [9.17, 15) is 0 Å². The molecule has 0 saturated carbocycles. The highest BCUT2D eigenvalue weighted by Gasteiger charge is 2.09. The first-order valence-electron chi connectivity index (χ1n) is 5.39. The molecule has 0 spiro atoms. The molecule has 0 N–H and O–H groups in total. The smallest absolute Gasteiger partial charge is 0.102 e. The minimum atomic E-state index is 0.293. The topological polar surface area (TPSA) is 27.1 Å². The summed E-state index contributed by atoms with van der Waals surface area (Å²) < 4.78 is 8.62. The highest BCUT2D eigenvalue weighted by Crippen LogP contribution is 2.19. The van der Waals surface area contributed by atoms with Crippen LogP contribution in [0, 0.1) is 0 Å². The Morgan fingerprint density at radius 2 is 2.13 bits per heavy atom. The Morgan fingerprint density at radius 3 is 2.60 bits per heavy atom. The summed E-state index contributed by atoms with van der Waals surface area (Å²) in [6, 6.07) is 0.388. The average Bonchev–Trinajstić information content (AvgIpc) is 2.56. The molecule has 1 unspecified atom stereocenters. The number of hydrogen-bond donors (Lipinski definition) is 0. The highest BCUT2D eigenvalue weighted by atomic mass is 79.9. The molecule has 0 saturated heterocycles. The van der Waals surface area contributed by atoms with Crippen LogP contribution >= 0.6 is 15.9 Å². The van der Waals surface area contributed by atoms with Crippen molar-refractivity contribution in [2.45, 2.75) is 52.9 Å². The van der Waals surface area contributed by atoms with Gasteiger partial charge < -0.3 is 4.74 Å². The van der Waals surface area contributed by atoms with Gasteiger partial charge in [0.15, 0.2) is 0 Å². The van der Waals surface area contributed by atoms with Crippen molar-refractivity contribution < 1.29 is 4.74 Å². The van der Waals surface area contributed by atoms with Crippen LogP contribution in [0.15, 0.2) is 10.7 Å². The largest absolute Gasteiger partial charge is 0.372 e. The first kappa shape index (κ1) is 12.7. The summed E-state index contributed by atoms with van der Waals surface area (Å²) in [4.78, 5) is 0. The minimum Gasteiger partial charge on any atom is -0.372 e. The van der Waals surface area contributed by atoms with E-state index in [1.165, 1.54) is 0 Å². The number of halogens is 1. The van der Waals surface area contributed by atoms with Gasteiger partial charge in [0, 0.05) is 12.2 Å². The van der Waals surface area contributed by atoms with E-state index in [-0.39, 0.29) is 0 Å². The molecule has 1 atom stereocenters. The molecule has 0 amide bonds. The van der Waals surface area contributed by atoms with Crippen molar-refractivity contribution in [1.29, 1.82) is 0 Å². The van der Waals surface area contributed by atoms with Crippen molar-refractivity contribution in [1.82, 2.24) is 9.78 Å². The minimum absolute atomic E-state index is 0.293. The van der Waals surface area contributed by atoms with E-state index >= 15 is 0 Å². The van der Waals surface area contributed by atoms with E-state index in [4.69, 9.17) is 4.74 Å². The summed E-state index contributed by atoms with van der Waals surface area (Å²) in [7, 11) is 0. The predicted octanol–water partition coefficient (Wildman–Crippen LogP) is 3.54. The maximum absolute atomic E-state index is 5.65. The molecule has 1 heterocycles. The number of ether oxygens (including phenoxy) is 1. The SMILES string of the molecule is CCC(C)OCc1nn(C(C)C)cc1Br. The first-order chi connectivity index (χ1) is 7.04. The number of hydrogen-bond acceptors (Lipinski definition) is 2. The third kappa shape index (κ3) is 3.61. The van der Waals surface area contributed by atoms with E-state index in [0.717, 1.165) is 16.6 Å². The van der Waals surface area contributed by atoms with E-state index < -0.39 is 0 Å². The molecule has 15 heavy (non-hydrogen) atoms. The molecule has 0 aromatic carbocycles. The normalized spacial score (nSPS) is 13.5. The van der Waals surface area contributed by atoms with Crippen LogP contribution in [-0.2, 0) is 11.3 Å². The van der Waals surface area contributed by atoms with Crippen LogP contribution in [0.2, 0.25) is 0 Å². The molecule has 0 bridgehead atoms. The number of nitrogens with zero attached hydrogens (tertiary/aromatic N) is 2. The summed E-state index contributed by atoms with van der Waals surface area (Å²) in [6.45, 7) is 8.99. The van der Waals surface area contributed by atoms with E-state index in [1.807, 2.05) is 10.9 Å². The Bertz CT molecular complexity index is 310. The lowest BCUT2D eigenvalue weighted by molar-refractivity contribution is 0.0482. The zero-order chi connectivity index (χ0) is 11.4. The summed E-state index contributed by atoms with van der Waals surface area (Å²) in [5.41, 5.74) is 0.976. The van der Waals surface area contributed by atoms with E-state index in [1.54, 1.807) is 0 Å². The van der Waals surface area contributed by atoms with Crippen LogP contribution in [-0.4, -0.2) is 15.9 Å². The van der Waals surface area contributed by atoms with Gasteiger partial charge in [-0.2, -0.15) is 5.10 Å². The van der Waals surface area contributed by atoms with Crippen molar-refractivity contribution in [2.75, 3.05) is 0 Å². The van der Waals surface area contributed by atoms with Gasteiger partial charge in [-0.3, -0.25) is 4.68 Å². The second-order valence-corrected chi connectivity index (χ2v) is 4.88. The lowest BCUT2D eigenvalue weighted by atomic mass is 10.3. The standard InChI is InChI=1S/C11H19BrN2O/c1-5-9(4)15-7-11-10(12)6-14(13-11)8(2)3/h6,8-9H,5,7H2,1-4H3. The quantitative estimate of drug-likeness (QED) is 0.821. The van der Waals surface area contributed by atoms with E-state index in [0.29, 0.717) is 18.8 Å². The zero-order valence-electron chi connectivity index (χ0n) is 9.83. The zero-order valence-corrected chi connectivity index (χ0v) is 11.4. The molecule has 1 rings (SSSR count). The molecule has 0 aliphatic carbocycles. The van der Waals surface area contributed by atoms with Crippen molar-refractivity contribution in [2.24, 2.45) is 0 Å². The summed E-state index contributed by atoms with van der Waals surface area (Å²) in [6.07, 6.45) is 3.32. The molecule has 0 aliphatic rings. The second-order valence-electron chi connectivity index (χ2n) is 4.03. The Balaban J connectivity index is 2.61. The molecule has 1 aromatic rings. The van der Waals surface area contributed by atoms with Crippen LogP contribution in [0.3, 0.4) is 0 Å². The van der Waals surface area contributed by atoms with Gasteiger partial charge in [-0.05, 0) is 43.1 Å². The molecule has 0 aliphatic heterocycles. The van der Waals surface area contributed by atoms with Gasteiger partial charge in [0.25, 0.3) is 0 Å². The van der Waals surface area contributed by atoms with Crippen molar-refractivity contribution in [3.05, 3.63) is 16.4 Å². The lowest BCUT2D eigenvalue weighted by Gasteiger charge is -2.09. The fourth-order valence-corrected chi connectivity index (χ4v) is 1.51. The van der Waals surface area contributed by atoms with Gasteiger partial charge in [-0.15, -0.1) is 0 Å². The third-order valence-corrected chi connectivity index (χ3v) is 3.03. The van der Waals surface area contributed by atoms with Crippen LogP contribution in [0.1, 0.15) is 45.9 Å². The van der Waals surface area contributed by atoms with Gasteiger partial charge >= 0.3 is 0 Å². The van der Waals surface area contributed by atoms with Crippen molar-refractivity contribution in [3.63, 3.8) is 0 Å². The maximum atomic E-state index is 5.65. The van der Waals surface area contributed by atoms with Gasteiger partial charge in [-0.25, -0.2) is 0 Å². The van der Waals surface area contributed by atoms with Crippen LogP contribution in [0.5, 0.6) is 0 Å². The Kier molecular flexibility index (Phi) is 4.80. The van der Waals surface area contributed by atoms with E-state index in [2.05, 4.69) is 48.7 Å². The Morgan fingerprint density at radius 1 is 1.47 bits per heavy atom. The molecular formula is C11H19BrN2O. The van der Waals surface area contributed by atoms with Crippen LogP contribution in [0.4, 0.5) is 0 Å². The van der Waals surface area contributed by atoms with Gasteiger partial charge in [0.2, 0.25) is 0 Å². The highest BCUT2D eigenvalue weighted by molar-refractivity contribution is 9.10. The maximum Gasteiger partial charge on any atom is 0.102 e. The predicted molar refractivity (Wildman–Crippen MR) is 64.9 cm³/mol. The van der Waals surface area contributed by atoms with Gasteiger partial charge in [-0.1, -0.05) is 6.92 Å². The summed E-state index contributed by atoms with van der Waals surface area (Å²) in [5, 5.41) is 4.46. The van der Waals surface area contributed by atoms with Crippen molar-refractivity contribution >= 4 is 15.9 Å². The van der Waals surface area contributed by atoms with Gasteiger partial charge in [0.1, 0.15) is 5.69 Å². The van der Waals surface area contributed by atoms with Crippen LogP contribution in [0.25, 0.3) is 0 Å². The summed E-state index contributed by atoms with van der Waals surface area (Å²) in [5.74, 6) is 0. The van der Waals surface area contributed by atoms with Gasteiger partial charge in [0.05, 0.1) is 17.2 Å². The average molecular weight is 275 g/mol. The Hall–Kier alpha value is -0.350. The number of rotatable bonds is 5. The molecule has 3 nitrogen and oxygen atoms in total. The molecule has 0 radical (unpaired) electrons. The fraction of sp³-hybridized carbons (Fsp3) is 0.727. The lowest BCUT2D eigenvalue weighted by Crippen LogP contribution is -2.07. The molecule has 0 fully saturated rings. The van der Waals surface area contributed by atoms with Crippen LogP contribution < -0.4 is 0 Å². The summed E-state index contributed by atoms with van der Waals surface area (Å²) >= 11 is 3.49. The molecule has 1 aromatic heterocycles. The Labute approximate surface area is 99.9 Å².